The maximum Gasteiger partial charge on any atom is 0.420 e. The second-order valence-electron chi connectivity index (χ2n) is 19.4. The number of ether oxygens (including phenoxy) is 4. The van der Waals surface area contributed by atoms with Crippen LogP contribution in [-0.4, -0.2) is 124 Å². The van der Waals surface area contributed by atoms with E-state index in [1.807, 2.05) is 75.9 Å². The molecule has 4 aliphatic rings. The van der Waals surface area contributed by atoms with Crippen molar-refractivity contribution in [3.63, 3.8) is 0 Å². The van der Waals surface area contributed by atoms with Crippen LogP contribution in [-0.2, 0) is 24.0 Å². The number of carbonyl (C=O) groups excluding carboxylic acids is 1. The number of halogens is 4. The maximum atomic E-state index is 17.9. The number of benzene rings is 2. The predicted octanol–water partition coefficient (Wildman–Crippen LogP) is 8.05. The molecule has 3 fully saturated rings. The molecule has 0 spiro atoms. The van der Waals surface area contributed by atoms with Crippen LogP contribution in [0.1, 0.15) is 69.8 Å². The molecule has 2 bridgehead atoms. The lowest BCUT2D eigenvalue weighted by Gasteiger charge is -2.52. The summed E-state index contributed by atoms with van der Waals surface area (Å²) in [5.74, 6) is 0.456. The molecule has 0 saturated carbocycles. The molecule has 2 aromatic carbocycles. The van der Waals surface area contributed by atoms with Gasteiger partial charge in [0.15, 0.2) is 5.82 Å². The highest BCUT2D eigenvalue weighted by Crippen LogP contribution is 2.48. The fourth-order valence-corrected chi connectivity index (χ4v) is 9.84. The molecule has 15 nitrogen and oxygen atoms in total. The Labute approximate surface area is 387 Å². The molecule has 9 rings (SSSR count). The van der Waals surface area contributed by atoms with Crippen molar-refractivity contribution in [1.82, 2.24) is 34.7 Å². The van der Waals surface area contributed by atoms with Gasteiger partial charge in [-0.25, -0.2) is 29.1 Å². The monoisotopic (exact) mass is 928 g/mol. The standard InChI is InChI=1S/C48H56F4N10O5/c1-26-35(48(50,51)52)38(56-43(53-26)59(21-28-11-16-31(64-9)17-12-28)22-29-13-18-32(65-10)19-14-29)39-36(49)37-34-41(57-44(55-37)60-24-47(6,25-60)58(7)8)61-23-30-15-20-33(40(61)27(2)66-42(34)54-39)62(30)45(63)67-46(3,4)5/h11-14,16-19,27,30,33,40H,15,20-25H2,1-10H3/t27-,30+,33-,40+/m0/s1. The average Bonchev–Trinajstić information content (AvgIpc) is 3.51. The Morgan fingerprint density at radius 3 is 2.04 bits per heavy atom. The molecule has 4 aliphatic heterocycles. The maximum absolute atomic E-state index is 17.9. The summed E-state index contributed by atoms with van der Waals surface area (Å²) in [6, 6.07) is 13.4. The van der Waals surface area contributed by atoms with E-state index < -0.39 is 58.5 Å². The second kappa shape index (κ2) is 16.8. The van der Waals surface area contributed by atoms with E-state index in [-0.39, 0.29) is 59.4 Å². The van der Waals surface area contributed by atoms with Gasteiger partial charge in [-0.05, 0) is 104 Å². The summed E-state index contributed by atoms with van der Waals surface area (Å²) in [5, 5.41) is 0.126. The molecular weight excluding hydrogens is 873 g/mol. The Morgan fingerprint density at radius 1 is 0.881 bits per heavy atom. The van der Waals surface area contributed by atoms with E-state index in [2.05, 4.69) is 26.8 Å². The van der Waals surface area contributed by atoms with Gasteiger partial charge in [0.05, 0.1) is 43.6 Å². The largest absolute Gasteiger partial charge is 0.497 e. The summed E-state index contributed by atoms with van der Waals surface area (Å²) in [7, 11) is 7.07. The molecule has 356 valence electrons. The Morgan fingerprint density at radius 2 is 1.49 bits per heavy atom. The van der Waals surface area contributed by atoms with E-state index in [0.717, 1.165) is 11.1 Å². The van der Waals surface area contributed by atoms with Crippen LogP contribution < -0.4 is 28.9 Å². The van der Waals surface area contributed by atoms with Crippen LogP contribution in [0.25, 0.3) is 22.3 Å². The van der Waals surface area contributed by atoms with Crippen molar-refractivity contribution in [2.24, 2.45) is 0 Å². The third-order valence-corrected chi connectivity index (χ3v) is 13.4. The number of methoxy groups -OCH3 is 2. The van der Waals surface area contributed by atoms with Gasteiger partial charge >= 0.3 is 12.3 Å². The van der Waals surface area contributed by atoms with E-state index in [1.54, 1.807) is 48.3 Å². The van der Waals surface area contributed by atoms with Gasteiger partial charge in [0, 0.05) is 32.7 Å². The van der Waals surface area contributed by atoms with Crippen LogP contribution in [0.15, 0.2) is 48.5 Å². The Bertz CT molecular complexity index is 2640. The molecule has 5 aromatic rings. The molecule has 3 saturated heterocycles. The van der Waals surface area contributed by atoms with Gasteiger partial charge in [-0.1, -0.05) is 24.3 Å². The summed E-state index contributed by atoms with van der Waals surface area (Å²) in [5.41, 5.74) is -2.78. The molecule has 7 heterocycles. The lowest BCUT2D eigenvalue weighted by molar-refractivity contribution is -0.138. The van der Waals surface area contributed by atoms with Gasteiger partial charge in [0.1, 0.15) is 56.9 Å². The average molecular weight is 929 g/mol. The lowest BCUT2D eigenvalue weighted by atomic mass is 9.91. The van der Waals surface area contributed by atoms with Gasteiger partial charge in [0.25, 0.3) is 0 Å². The van der Waals surface area contributed by atoms with Crippen molar-refractivity contribution in [2.75, 3.05) is 62.6 Å². The molecule has 0 aliphatic carbocycles. The third-order valence-electron chi connectivity index (χ3n) is 13.4. The molecule has 1 amide bonds. The first-order valence-corrected chi connectivity index (χ1v) is 22.4. The zero-order chi connectivity index (χ0) is 47.9. The Hall–Kier alpha value is -6.24. The fraction of sp³-hybridized carbons (Fsp3) is 0.500. The number of anilines is 3. The van der Waals surface area contributed by atoms with E-state index >= 15 is 17.6 Å². The number of hydrogen-bond donors (Lipinski definition) is 0. The van der Waals surface area contributed by atoms with Crippen molar-refractivity contribution in [3.05, 3.63) is 76.7 Å². The van der Waals surface area contributed by atoms with E-state index in [1.165, 1.54) is 6.92 Å². The molecule has 0 unspecified atom stereocenters. The van der Waals surface area contributed by atoms with Gasteiger partial charge in [-0.2, -0.15) is 18.2 Å². The molecule has 67 heavy (non-hydrogen) atoms. The first-order chi connectivity index (χ1) is 31.7. The van der Waals surface area contributed by atoms with Gasteiger partial charge in [-0.3, -0.25) is 4.90 Å². The zero-order valence-corrected chi connectivity index (χ0v) is 39.4. The first kappa shape index (κ1) is 45.9. The number of aromatic nitrogens is 5. The zero-order valence-electron chi connectivity index (χ0n) is 39.4. The van der Waals surface area contributed by atoms with Gasteiger partial charge < -0.3 is 38.5 Å². The van der Waals surface area contributed by atoms with Gasteiger partial charge in [-0.15, -0.1) is 0 Å². The van der Waals surface area contributed by atoms with Crippen molar-refractivity contribution in [1.29, 1.82) is 0 Å². The number of hydrogen-bond acceptors (Lipinski definition) is 14. The molecular formula is C48H56F4N10O5. The number of fused-ring (bicyclic) bond motifs is 5. The van der Waals surface area contributed by atoms with Crippen LogP contribution in [0.5, 0.6) is 17.4 Å². The Balaban J connectivity index is 1.22. The SMILES string of the molecule is COc1ccc(CN(Cc2ccc(OC)cc2)c2nc(C)c(C(F)(F)F)c(-c3nc4c5c(nc(N6CC(C)(N(C)C)C6)nc5c3F)N3C[C@H]5CC[C@@H]([C@H]3[C@H](C)O4)N5C(=O)OC(C)(C)C)n2)cc1. The van der Waals surface area contributed by atoms with Crippen LogP contribution in [0.3, 0.4) is 0 Å². The molecule has 4 atom stereocenters. The number of alkyl halides is 3. The number of nitrogens with zero attached hydrogens (tertiary/aromatic N) is 10. The summed E-state index contributed by atoms with van der Waals surface area (Å²) >= 11 is 0. The highest BCUT2D eigenvalue weighted by molar-refractivity contribution is 5.98. The highest BCUT2D eigenvalue weighted by atomic mass is 19.4. The van der Waals surface area contributed by atoms with E-state index in [0.29, 0.717) is 49.8 Å². The van der Waals surface area contributed by atoms with Crippen LogP contribution in [0.2, 0.25) is 0 Å². The van der Waals surface area contributed by atoms with Crippen LogP contribution in [0.4, 0.5) is 40.1 Å². The van der Waals surface area contributed by atoms with E-state index in [4.69, 9.17) is 28.9 Å². The third kappa shape index (κ3) is 8.43. The minimum absolute atomic E-state index is 0.0865. The number of piperazine rings is 1. The molecule has 0 radical (unpaired) electrons. The summed E-state index contributed by atoms with van der Waals surface area (Å²) in [6.07, 6.45) is -4.85. The minimum Gasteiger partial charge on any atom is -0.497 e. The van der Waals surface area contributed by atoms with Crippen molar-refractivity contribution in [2.45, 2.75) is 109 Å². The van der Waals surface area contributed by atoms with Crippen molar-refractivity contribution < 1.29 is 41.3 Å². The summed E-state index contributed by atoms with van der Waals surface area (Å²) in [4.78, 5) is 47.0. The van der Waals surface area contributed by atoms with Crippen molar-refractivity contribution in [3.8, 4) is 28.8 Å². The number of aryl methyl sites for hydroxylation is 1. The highest BCUT2D eigenvalue weighted by Gasteiger charge is 2.54. The van der Waals surface area contributed by atoms with E-state index in [9.17, 15) is 4.79 Å². The number of carbonyl (C=O) groups is 1. The molecule has 19 heteroatoms. The van der Waals surface area contributed by atoms with Gasteiger partial charge in [0.2, 0.25) is 17.8 Å². The number of rotatable bonds is 10. The predicted molar refractivity (Wildman–Crippen MR) is 244 cm³/mol. The number of likely N-dealkylation sites (N-methyl/N-ethyl adjacent to an activating group) is 1. The Kier molecular flexibility index (Phi) is 11.5. The second-order valence-corrected chi connectivity index (χ2v) is 19.4. The minimum atomic E-state index is -5.03. The normalized spacial score (nSPS) is 20.9. The smallest absolute Gasteiger partial charge is 0.420 e. The first-order valence-electron chi connectivity index (χ1n) is 22.4. The van der Waals surface area contributed by atoms with Crippen LogP contribution in [0, 0.1) is 12.7 Å². The topological polar surface area (TPSA) is 135 Å². The molecule has 0 N–H and O–H groups in total. The summed E-state index contributed by atoms with van der Waals surface area (Å²) < 4.78 is 87.6. The summed E-state index contributed by atoms with van der Waals surface area (Å²) in [6.45, 7) is 12.3. The molecule has 3 aromatic heterocycles. The number of amides is 1. The van der Waals surface area contributed by atoms with Crippen LogP contribution >= 0.6 is 0 Å². The fourth-order valence-electron chi connectivity index (χ4n) is 9.84. The lowest BCUT2D eigenvalue weighted by Crippen LogP contribution is -2.67. The number of pyridine rings is 1. The van der Waals surface area contributed by atoms with Crippen molar-refractivity contribution >= 4 is 34.7 Å². The quantitative estimate of drug-likeness (QED) is 0.125.